The van der Waals surface area contributed by atoms with Gasteiger partial charge >= 0.3 is 15.4 Å². The van der Waals surface area contributed by atoms with Gasteiger partial charge in [-0.3, -0.25) is 18.2 Å². The van der Waals surface area contributed by atoms with Crippen molar-refractivity contribution in [3.05, 3.63) is 25.3 Å². The van der Waals surface area contributed by atoms with Crippen LogP contribution in [0.4, 0.5) is 20.4 Å². The molecular weight excluding hydrogens is 663 g/mol. The van der Waals surface area contributed by atoms with Gasteiger partial charge < -0.3 is 35.1 Å². The quantitative estimate of drug-likeness (QED) is 0.137. The average Bonchev–Trinajstić information content (AvgIpc) is 3.77. The van der Waals surface area contributed by atoms with Crippen molar-refractivity contribution in [2.75, 3.05) is 31.2 Å². The number of halogens is 2. The molecule has 2 fully saturated rings. The van der Waals surface area contributed by atoms with E-state index >= 15 is 8.78 Å². The van der Waals surface area contributed by atoms with Crippen molar-refractivity contribution in [1.82, 2.24) is 39.0 Å². The Morgan fingerprint density at radius 2 is 1.47 bits per heavy atom. The van der Waals surface area contributed by atoms with Crippen LogP contribution in [-0.4, -0.2) is 108 Å². The molecular formula is C21H23BF2N10O8P2S. The third kappa shape index (κ3) is 6.15. The van der Waals surface area contributed by atoms with E-state index in [0.717, 1.165) is 0 Å². The van der Waals surface area contributed by atoms with Crippen LogP contribution < -0.4 is 11.5 Å². The second kappa shape index (κ2) is 13.1. The van der Waals surface area contributed by atoms with Crippen molar-refractivity contribution in [2.24, 2.45) is 0 Å². The summed E-state index contributed by atoms with van der Waals surface area (Å²) in [7, 11) is 4.81. The van der Waals surface area contributed by atoms with Crippen LogP contribution in [0.3, 0.4) is 0 Å². The second-order valence-electron chi connectivity index (χ2n) is 9.69. The molecule has 0 bridgehead atoms. The van der Waals surface area contributed by atoms with Gasteiger partial charge in [-0.1, -0.05) is 0 Å². The maximum atomic E-state index is 15.9. The fraction of sp³-hybridized carbons (Fsp3) is 0.524. The number of nitrogens with two attached hydrogens (primary N) is 2. The van der Waals surface area contributed by atoms with Crippen LogP contribution in [0.25, 0.3) is 22.3 Å². The van der Waals surface area contributed by atoms with Crippen molar-refractivity contribution < 1.29 is 46.0 Å². The maximum absolute atomic E-state index is 15.9. The number of aromatic nitrogens is 8. The fourth-order valence-corrected chi connectivity index (χ4v) is 6.75. The molecule has 45 heavy (non-hydrogen) atoms. The molecule has 0 amide bonds. The van der Waals surface area contributed by atoms with E-state index in [1.807, 2.05) is 0 Å². The molecule has 18 nitrogen and oxygen atoms in total. The van der Waals surface area contributed by atoms with Crippen LogP contribution in [0.2, 0.25) is 0 Å². The number of alkyl halides is 2. The van der Waals surface area contributed by atoms with Gasteiger partial charge in [-0.2, -0.15) is 0 Å². The second-order valence-corrected chi connectivity index (χ2v) is 12.9. The number of ether oxygens (including phenoxy) is 3. The van der Waals surface area contributed by atoms with Gasteiger partial charge in [-0.05, 0) is 11.8 Å². The first-order valence-electron chi connectivity index (χ1n) is 13.0. The van der Waals surface area contributed by atoms with Gasteiger partial charge in [0.05, 0.1) is 25.9 Å². The molecule has 2 saturated heterocycles. The number of fused-ring (bicyclic) bond motifs is 2. The third-order valence-electron chi connectivity index (χ3n) is 7.09. The summed E-state index contributed by atoms with van der Waals surface area (Å²) in [5, 5.41) is 0. The summed E-state index contributed by atoms with van der Waals surface area (Å²) in [5.41, 5.74) is 12.5. The van der Waals surface area contributed by atoms with Gasteiger partial charge in [0.25, 0.3) is 0 Å². The normalized spacial score (nSPS) is 30.0. The molecule has 1 unspecified atom stereocenters. The minimum atomic E-state index is -4.29. The summed E-state index contributed by atoms with van der Waals surface area (Å²) < 4.78 is 78.1. The van der Waals surface area contributed by atoms with E-state index in [9.17, 15) is 9.46 Å². The predicted octanol–water partition coefficient (Wildman–Crippen LogP) is 0.655. The smallest absolute Gasteiger partial charge is 0.327 e. The van der Waals surface area contributed by atoms with Gasteiger partial charge in [-0.15, -0.1) is 0 Å². The van der Waals surface area contributed by atoms with E-state index in [2.05, 4.69) is 29.9 Å². The maximum Gasteiger partial charge on any atom is 0.327 e. The minimum Gasteiger partial charge on any atom is -0.382 e. The average molecular weight is 686 g/mol. The lowest BCUT2D eigenvalue weighted by atomic mass is 10.1. The molecule has 0 saturated carbocycles. The first kappa shape index (κ1) is 32.1. The largest absolute Gasteiger partial charge is 0.382 e. The van der Waals surface area contributed by atoms with Crippen molar-refractivity contribution in [3.63, 3.8) is 0 Å². The Bertz CT molecular complexity index is 1750. The van der Waals surface area contributed by atoms with Crippen LogP contribution in [0.15, 0.2) is 25.3 Å². The lowest BCUT2D eigenvalue weighted by Crippen LogP contribution is -2.36. The highest BCUT2D eigenvalue weighted by Crippen LogP contribution is 2.50. The molecule has 0 spiro atoms. The first-order valence-corrected chi connectivity index (χ1v) is 16.3. The standard InChI is InChI=1S/C21H23BF2N10O8P2S/c22-3-37-14-9(41-20(10(14)23)33-6-31-12-16(25)27-4-29-18(12)33)2-39-44(36,45)42-15-8(1-38-43-35)40-21(11(15)24)34-7-32-13-17(26)28-5-30-19(13)34/h4-11,14-15,20-21H,1-3H2,(H,36,45)(H2,25,27,29)(H2,26,28,30)/t8-,9-,10-,11-,14-,15-,20-,21-,44?/m1/s1. The number of hydrogen-bond acceptors (Lipinski definition) is 16. The Morgan fingerprint density at radius 1 is 0.933 bits per heavy atom. The molecule has 5 N–H and O–H groups in total. The molecule has 9 atom stereocenters. The summed E-state index contributed by atoms with van der Waals surface area (Å²) in [6.07, 6.45) is -6.85. The van der Waals surface area contributed by atoms with Gasteiger partial charge in [0.1, 0.15) is 56.0 Å². The van der Waals surface area contributed by atoms with Crippen LogP contribution >= 0.6 is 15.4 Å². The van der Waals surface area contributed by atoms with Crippen molar-refractivity contribution >= 4 is 69.0 Å². The Kier molecular flexibility index (Phi) is 9.31. The lowest BCUT2D eigenvalue weighted by Gasteiger charge is -2.26. The highest BCUT2D eigenvalue weighted by Gasteiger charge is 2.51. The van der Waals surface area contributed by atoms with Crippen molar-refractivity contribution in [3.8, 4) is 0 Å². The van der Waals surface area contributed by atoms with E-state index < -0.39 is 77.8 Å². The molecule has 238 valence electrons. The van der Waals surface area contributed by atoms with Gasteiger partial charge in [0, 0.05) is 6.51 Å². The minimum absolute atomic E-state index is 0.0617. The molecule has 2 radical (unpaired) electrons. The van der Waals surface area contributed by atoms with Gasteiger partial charge in [0.15, 0.2) is 47.7 Å². The number of imidazole rings is 2. The van der Waals surface area contributed by atoms with E-state index in [0.29, 0.717) is 0 Å². The van der Waals surface area contributed by atoms with E-state index in [1.165, 1.54) is 34.4 Å². The van der Waals surface area contributed by atoms with Crippen LogP contribution in [0.1, 0.15) is 12.5 Å². The summed E-state index contributed by atoms with van der Waals surface area (Å²) in [4.78, 5) is 35.1. The highest BCUT2D eigenvalue weighted by molar-refractivity contribution is 8.07. The van der Waals surface area contributed by atoms with Crippen molar-refractivity contribution in [2.45, 2.75) is 49.2 Å². The van der Waals surface area contributed by atoms with Crippen LogP contribution in [-0.2, 0) is 44.2 Å². The van der Waals surface area contributed by atoms with Crippen LogP contribution in [0, 0.1) is 0 Å². The molecule has 4 aromatic rings. The zero-order valence-electron chi connectivity index (χ0n) is 22.7. The Morgan fingerprint density at radius 3 is 2.00 bits per heavy atom. The number of rotatable bonds is 12. The van der Waals surface area contributed by atoms with Crippen LogP contribution in [0.5, 0.6) is 0 Å². The summed E-state index contributed by atoms with van der Waals surface area (Å²) in [5.74, 6) is 0.146. The molecule has 0 aliphatic carbocycles. The van der Waals surface area contributed by atoms with Gasteiger partial charge in [-0.25, -0.2) is 43.2 Å². The summed E-state index contributed by atoms with van der Waals surface area (Å²) in [6, 6.07) is 0. The molecule has 2 aliphatic rings. The number of nitrogens with zero attached hydrogens (tertiary/aromatic N) is 8. The zero-order chi connectivity index (χ0) is 31.9. The Labute approximate surface area is 259 Å². The molecule has 2 aliphatic heterocycles. The number of anilines is 2. The lowest BCUT2D eigenvalue weighted by molar-refractivity contribution is -0.0561. The fourth-order valence-electron chi connectivity index (χ4n) is 5.11. The third-order valence-corrected chi connectivity index (χ3v) is 8.91. The zero-order valence-corrected chi connectivity index (χ0v) is 25.3. The van der Waals surface area contributed by atoms with E-state index in [1.54, 1.807) is 0 Å². The molecule has 24 heteroatoms. The molecule has 6 rings (SSSR count). The summed E-state index contributed by atoms with van der Waals surface area (Å²) in [6.45, 7) is -5.62. The first-order chi connectivity index (χ1) is 21.6. The van der Waals surface area contributed by atoms with Gasteiger partial charge in [0.2, 0.25) is 0 Å². The SMILES string of the molecule is [B]CO[C@H]1[C@@H](F)[C@H](n2cnc3c(N)ncnc32)O[C@@H]1COP(O)(=S)O[C@H]1[C@@H](F)[C@H](n2cnc3c(N)ncnc32)O[C@@H]1COP=O. The summed E-state index contributed by atoms with van der Waals surface area (Å²) >= 11 is 5.16. The number of nitrogen functional groups attached to an aromatic ring is 2. The Balaban J connectivity index is 1.18. The van der Waals surface area contributed by atoms with E-state index in [4.69, 9.17) is 58.9 Å². The van der Waals surface area contributed by atoms with Crippen molar-refractivity contribution in [1.29, 1.82) is 0 Å². The molecule has 4 aromatic heterocycles. The molecule has 0 aromatic carbocycles. The number of hydrogen-bond donors (Lipinski definition) is 3. The topological polar surface area (TPSA) is 232 Å². The molecule has 6 heterocycles. The highest BCUT2D eigenvalue weighted by atomic mass is 32.5. The predicted molar refractivity (Wildman–Crippen MR) is 153 cm³/mol. The van der Waals surface area contributed by atoms with E-state index in [-0.39, 0.29) is 40.5 Å². The Hall–Kier alpha value is -2.91. The monoisotopic (exact) mass is 686 g/mol.